The van der Waals surface area contributed by atoms with E-state index in [9.17, 15) is 14.4 Å². The van der Waals surface area contributed by atoms with Crippen LogP contribution in [0.25, 0.3) is 11.1 Å². The van der Waals surface area contributed by atoms with Gasteiger partial charge in [-0.2, -0.15) is 0 Å². The maximum Gasteiger partial charge on any atom is 0.315 e. The molecule has 0 spiro atoms. The van der Waals surface area contributed by atoms with Crippen LogP contribution >= 0.6 is 11.8 Å². The Morgan fingerprint density at radius 1 is 1.02 bits per heavy atom. The lowest BCUT2D eigenvalue weighted by atomic mass is 9.98. The summed E-state index contributed by atoms with van der Waals surface area (Å²) in [6.07, 6.45) is 2.44. The van der Waals surface area contributed by atoms with Crippen molar-refractivity contribution in [2.24, 2.45) is 5.73 Å². The minimum absolute atomic E-state index is 0.129. The average molecular weight is 574 g/mol. The van der Waals surface area contributed by atoms with E-state index in [1.54, 1.807) is 30.5 Å². The summed E-state index contributed by atoms with van der Waals surface area (Å²) in [5.74, 6) is -0.486. The third-order valence-corrected chi connectivity index (χ3v) is 7.86. The van der Waals surface area contributed by atoms with Crippen molar-refractivity contribution in [2.45, 2.75) is 63.3 Å². The molecule has 0 saturated heterocycles. The molecule has 41 heavy (non-hydrogen) atoms. The van der Waals surface area contributed by atoms with Crippen molar-refractivity contribution in [2.75, 3.05) is 12.8 Å². The third-order valence-electron chi connectivity index (χ3n) is 7.13. The number of carbonyl (C=O) groups is 3. The quantitative estimate of drug-likeness (QED) is 0.286. The molecule has 3 aromatic rings. The Bertz CT molecular complexity index is 1400. The van der Waals surface area contributed by atoms with Crippen LogP contribution in [0.2, 0.25) is 0 Å². The van der Waals surface area contributed by atoms with E-state index in [2.05, 4.69) is 34.1 Å². The second-order valence-corrected chi connectivity index (χ2v) is 11.7. The molecule has 0 aromatic heterocycles. The molecule has 1 aliphatic heterocycles. The van der Waals surface area contributed by atoms with Gasteiger partial charge in [0.25, 0.3) is 0 Å². The largest absolute Gasteiger partial charge is 0.342 e. The van der Waals surface area contributed by atoms with Gasteiger partial charge in [-0.25, -0.2) is 4.79 Å². The molecule has 9 heteroatoms. The molecule has 216 valence electrons. The number of nitrogens with two attached hydrogens (primary N) is 1. The van der Waals surface area contributed by atoms with Crippen molar-refractivity contribution in [3.63, 3.8) is 0 Å². The fourth-order valence-corrected chi connectivity index (χ4v) is 5.30. The number of fused-ring (bicyclic) bond motifs is 1. The lowest BCUT2D eigenvalue weighted by Gasteiger charge is -2.27. The van der Waals surface area contributed by atoms with Crippen LogP contribution in [0.3, 0.4) is 0 Å². The molecule has 4 amide bonds. The number of benzene rings is 3. The van der Waals surface area contributed by atoms with Gasteiger partial charge < -0.3 is 26.6 Å². The first-order valence-corrected chi connectivity index (χ1v) is 15.0. The number of hydrogen-bond acceptors (Lipinski definition) is 5. The highest BCUT2D eigenvalue weighted by atomic mass is 32.2. The maximum atomic E-state index is 13.8. The summed E-state index contributed by atoms with van der Waals surface area (Å²) >= 11 is 1.65. The van der Waals surface area contributed by atoms with Crippen LogP contribution in [0.15, 0.2) is 71.6 Å². The van der Waals surface area contributed by atoms with Crippen LogP contribution in [-0.2, 0) is 35.6 Å². The van der Waals surface area contributed by atoms with Crippen LogP contribution in [-0.4, -0.2) is 47.1 Å². The van der Waals surface area contributed by atoms with Gasteiger partial charge in [-0.1, -0.05) is 54.6 Å². The Morgan fingerprint density at radius 2 is 1.76 bits per heavy atom. The SMILES string of the molecule is CCNC(=O)NCc1ccccc1-c1ccc(CN2Cc3ccc(SC)cc3C[C@@H](NC(=O)C(C)(C)N)C2=O)cc1. The summed E-state index contributed by atoms with van der Waals surface area (Å²) in [7, 11) is 0. The van der Waals surface area contributed by atoms with Gasteiger partial charge in [0, 0.05) is 37.5 Å². The fourth-order valence-electron chi connectivity index (χ4n) is 4.84. The number of amides is 4. The van der Waals surface area contributed by atoms with Crippen molar-refractivity contribution >= 4 is 29.6 Å². The van der Waals surface area contributed by atoms with E-state index < -0.39 is 11.6 Å². The topological polar surface area (TPSA) is 117 Å². The van der Waals surface area contributed by atoms with Gasteiger partial charge in [0.05, 0.1) is 5.54 Å². The van der Waals surface area contributed by atoms with Gasteiger partial charge in [0.1, 0.15) is 6.04 Å². The van der Waals surface area contributed by atoms with E-state index in [0.29, 0.717) is 32.6 Å². The number of thioether (sulfide) groups is 1. The van der Waals surface area contributed by atoms with Gasteiger partial charge in [-0.15, -0.1) is 11.8 Å². The second kappa shape index (κ2) is 13.2. The summed E-state index contributed by atoms with van der Waals surface area (Å²) < 4.78 is 0. The first kappa shape index (κ1) is 30.1. The molecule has 0 saturated carbocycles. The highest BCUT2D eigenvalue weighted by Gasteiger charge is 2.33. The van der Waals surface area contributed by atoms with E-state index in [1.165, 1.54) is 0 Å². The molecule has 0 aliphatic carbocycles. The molecule has 1 heterocycles. The predicted octanol–water partition coefficient (Wildman–Crippen LogP) is 4.20. The van der Waals surface area contributed by atoms with Crippen molar-refractivity contribution in [1.82, 2.24) is 20.9 Å². The number of carbonyl (C=O) groups excluding carboxylic acids is 3. The van der Waals surface area contributed by atoms with E-state index >= 15 is 0 Å². The second-order valence-electron chi connectivity index (χ2n) is 10.8. The zero-order chi connectivity index (χ0) is 29.6. The van der Waals surface area contributed by atoms with Crippen molar-refractivity contribution < 1.29 is 14.4 Å². The Balaban J connectivity index is 1.56. The molecule has 4 rings (SSSR count). The highest BCUT2D eigenvalue weighted by Crippen LogP contribution is 2.28. The van der Waals surface area contributed by atoms with Gasteiger partial charge in [0.15, 0.2) is 0 Å². The lowest BCUT2D eigenvalue weighted by Crippen LogP contribution is -2.56. The summed E-state index contributed by atoms with van der Waals surface area (Å²) in [5, 5.41) is 8.56. The number of rotatable bonds is 9. The third kappa shape index (κ3) is 7.68. The average Bonchev–Trinajstić information content (AvgIpc) is 3.07. The molecule has 0 unspecified atom stereocenters. The smallest absolute Gasteiger partial charge is 0.315 e. The fraction of sp³-hybridized carbons (Fsp3) is 0.344. The van der Waals surface area contributed by atoms with E-state index in [-0.39, 0.29) is 17.8 Å². The van der Waals surface area contributed by atoms with Gasteiger partial charge in [-0.3, -0.25) is 9.59 Å². The number of urea groups is 1. The number of nitrogens with zero attached hydrogens (tertiary/aromatic N) is 1. The lowest BCUT2D eigenvalue weighted by molar-refractivity contribution is -0.138. The Morgan fingerprint density at radius 3 is 2.44 bits per heavy atom. The molecular formula is C32H39N5O3S. The highest BCUT2D eigenvalue weighted by molar-refractivity contribution is 7.98. The van der Waals surface area contributed by atoms with Crippen molar-refractivity contribution in [3.05, 3.63) is 89.0 Å². The molecule has 0 bridgehead atoms. The van der Waals surface area contributed by atoms with Crippen LogP contribution in [0.5, 0.6) is 0 Å². The molecule has 0 fully saturated rings. The van der Waals surface area contributed by atoms with Gasteiger partial charge in [0.2, 0.25) is 11.8 Å². The zero-order valence-corrected chi connectivity index (χ0v) is 24.9. The van der Waals surface area contributed by atoms with Crippen LogP contribution < -0.4 is 21.7 Å². The van der Waals surface area contributed by atoms with Crippen molar-refractivity contribution in [3.8, 4) is 11.1 Å². The minimum atomic E-state index is -1.09. The monoisotopic (exact) mass is 573 g/mol. The van der Waals surface area contributed by atoms with Crippen LogP contribution in [0.1, 0.15) is 43.0 Å². The van der Waals surface area contributed by atoms with Gasteiger partial charge in [-0.05, 0) is 72.5 Å². The summed E-state index contributed by atoms with van der Waals surface area (Å²) in [6.45, 7) is 6.99. The van der Waals surface area contributed by atoms with Crippen LogP contribution in [0, 0.1) is 0 Å². The number of nitrogens with one attached hydrogen (secondary N) is 3. The van der Waals surface area contributed by atoms with E-state index in [4.69, 9.17) is 5.73 Å². The standard InChI is InChI=1S/C32H39N5O3S/c1-5-34-31(40)35-18-23-8-6-7-9-27(23)22-12-10-21(11-13-22)19-37-20-24-14-15-26(41-4)16-25(24)17-28(29(37)38)36-30(39)32(2,3)33/h6-16,28H,5,17-20,33H2,1-4H3,(H,36,39)(H2,34,35,40)/t28-/m1/s1. The molecule has 3 aromatic carbocycles. The Hall–Kier alpha value is -3.82. The normalized spacial score (nSPS) is 15.1. The summed E-state index contributed by atoms with van der Waals surface area (Å²) in [6, 6.07) is 21.5. The minimum Gasteiger partial charge on any atom is -0.342 e. The number of hydrogen-bond donors (Lipinski definition) is 4. The van der Waals surface area contributed by atoms with E-state index in [1.807, 2.05) is 61.7 Å². The molecule has 1 atom stereocenters. The molecule has 5 N–H and O–H groups in total. The van der Waals surface area contributed by atoms with E-state index in [0.717, 1.165) is 38.3 Å². The first-order valence-electron chi connectivity index (χ1n) is 13.8. The van der Waals surface area contributed by atoms with Crippen molar-refractivity contribution in [1.29, 1.82) is 0 Å². The Kier molecular flexibility index (Phi) is 9.73. The molecule has 8 nitrogen and oxygen atoms in total. The predicted molar refractivity (Wildman–Crippen MR) is 164 cm³/mol. The zero-order valence-electron chi connectivity index (χ0n) is 24.1. The first-order chi connectivity index (χ1) is 19.6. The van der Waals surface area contributed by atoms with Gasteiger partial charge >= 0.3 is 6.03 Å². The molecule has 1 aliphatic rings. The molecular weight excluding hydrogens is 534 g/mol. The maximum absolute atomic E-state index is 13.8. The Labute approximate surface area is 246 Å². The summed E-state index contributed by atoms with van der Waals surface area (Å²) in [5.41, 5.74) is 11.1. The van der Waals surface area contributed by atoms with Crippen LogP contribution in [0.4, 0.5) is 4.79 Å². The summed E-state index contributed by atoms with van der Waals surface area (Å²) in [4.78, 5) is 41.4. The molecule has 0 radical (unpaired) electrons.